The maximum atomic E-state index is 12.2. The van der Waals surface area contributed by atoms with Gasteiger partial charge in [0.2, 0.25) is 10.0 Å². The molecule has 0 radical (unpaired) electrons. The van der Waals surface area contributed by atoms with Crippen LogP contribution < -0.4 is 4.72 Å². The Morgan fingerprint density at radius 1 is 1.21 bits per heavy atom. The predicted octanol–water partition coefficient (Wildman–Crippen LogP) is 2.88. The maximum absolute atomic E-state index is 12.2. The monoisotopic (exact) mass is 340 g/mol. The smallest absolute Gasteiger partial charge is 0.241 e. The van der Waals surface area contributed by atoms with E-state index in [2.05, 4.69) is 25.6 Å². The molecule has 0 fully saturated rings. The molecule has 0 aliphatic carbocycles. The minimum atomic E-state index is -3.55. The summed E-state index contributed by atoms with van der Waals surface area (Å²) in [6, 6.07) is 11.6. The minimum Gasteiger partial charge on any atom is -0.260 e. The van der Waals surface area contributed by atoms with Crippen molar-refractivity contribution in [1.29, 1.82) is 0 Å². The third-order valence-corrected chi connectivity index (χ3v) is 4.60. The Kier molecular flexibility index (Phi) is 4.34. The maximum Gasteiger partial charge on any atom is 0.241 e. The van der Waals surface area contributed by atoms with Gasteiger partial charge in [0.1, 0.15) is 0 Å². The summed E-state index contributed by atoms with van der Waals surface area (Å²) in [6.45, 7) is 1.76. The molecule has 0 amide bonds. The average Bonchev–Trinajstić information content (AvgIpc) is 2.39. The lowest BCUT2D eigenvalue weighted by atomic mass is 10.2. The number of hydrogen-bond donors (Lipinski definition) is 1. The number of halogens is 1. The molecule has 1 aromatic carbocycles. The molecule has 19 heavy (non-hydrogen) atoms. The highest BCUT2D eigenvalue weighted by molar-refractivity contribution is 9.10. The van der Waals surface area contributed by atoms with Crippen molar-refractivity contribution in [2.45, 2.75) is 17.9 Å². The van der Waals surface area contributed by atoms with Crippen LogP contribution in [-0.4, -0.2) is 13.4 Å². The zero-order valence-electron chi connectivity index (χ0n) is 10.2. The number of pyridine rings is 1. The van der Waals surface area contributed by atoms with Crippen molar-refractivity contribution in [3.05, 3.63) is 58.8 Å². The van der Waals surface area contributed by atoms with Crippen LogP contribution in [0, 0.1) is 0 Å². The van der Waals surface area contributed by atoms with Crippen LogP contribution in [0.25, 0.3) is 0 Å². The highest BCUT2D eigenvalue weighted by atomic mass is 79.9. The summed E-state index contributed by atoms with van der Waals surface area (Å²) < 4.78 is 27.7. The van der Waals surface area contributed by atoms with Gasteiger partial charge in [0.15, 0.2) is 0 Å². The molecule has 0 unspecified atom stereocenters. The second-order valence-corrected chi connectivity index (χ2v) is 6.68. The summed E-state index contributed by atoms with van der Waals surface area (Å²) in [5, 5.41) is 0. The molecule has 1 aromatic heterocycles. The summed E-state index contributed by atoms with van der Waals surface area (Å²) in [6.07, 6.45) is 1.64. The van der Waals surface area contributed by atoms with E-state index in [1.807, 2.05) is 6.07 Å². The molecular weight excluding hydrogens is 328 g/mol. The van der Waals surface area contributed by atoms with Gasteiger partial charge >= 0.3 is 0 Å². The summed E-state index contributed by atoms with van der Waals surface area (Å²) in [5.41, 5.74) is 0.682. The molecular formula is C13H13BrN2O2S. The molecule has 0 aliphatic heterocycles. The van der Waals surface area contributed by atoms with Gasteiger partial charge in [-0.1, -0.05) is 28.1 Å². The SMILES string of the molecule is C[C@@H](NS(=O)(=O)c1cccc(Br)c1)c1ccccn1. The number of aromatic nitrogens is 1. The molecule has 4 nitrogen and oxygen atoms in total. The van der Waals surface area contributed by atoms with Crippen LogP contribution >= 0.6 is 15.9 Å². The molecule has 1 heterocycles. The quantitative estimate of drug-likeness (QED) is 0.930. The molecule has 1 atom stereocenters. The molecule has 6 heteroatoms. The second kappa shape index (κ2) is 5.81. The highest BCUT2D eigenvalue weighted by Crippen LogP contribution is 2.18. The standard InChI is InChI=1S/C13H13BrN2O2S/c1-10(13-7-2-3-8-15-13)16-19(17,18)12-6-4-5-11(14)9-12/h2-10,16H,1H3/t10-/m1/s1. The van der Waals surface area contributed by atoms with Gasteiger partial charge in [-0.15, -0.1) is 0 Å². The fraction of sp³-hybridized carbons (Fsp3) is 0.154. The molecule has 0 aliphatic rings. The number of hydrogen-bond acceptors (Lipinski definition) is 3. The van der Waals surface area contributed by atoms with Crippen molar-refractivity contribution in [3.63, 3.8) is 0 Å². The summed E-state index contributed by atoms with van der Waals surface area (Å²) in [4.78, 5) is 4.36. The van der Waals surface area contributed by atoms with Crippen molar-refractivity contribution in [1.82, 2.24) is 9.71 Å². The minimum absolute atomic E-state index is 0.227. The van der Waals surface area contributed by atoms with Crippen molar-refractivity contribution < 1.29 is 8.42 Å². The molecule has 0 spiro atoms. The fourth-order valence-corrected chi connectivity index (χ4v) is 3.44. The van der Waals surface area contributed by atoms with Gasteiger partial charge in [0, 0.05) is 10.7 Å². The van der Waals surface area contributed by atoms with Crippen LogP contribution in [0.2, 0.25) is 0 Å². The Bertz CT molecular complexity index is 659. The first-order chi connectivity index (χ1) is 8.99. The van der Waals surface area contributed by atoms with Gasteiger partial charge in [0.05, 0.1) is 16.6 Å². The van der Waals surface area contributed by atoms with Crippen LogP contribution in [0.15, 0.2) is 58.0 Å². The topological polar surface area (TPSA) is 59.1 Å². The first-order valence-corrected chi connectivity index (χ1v) is 7.95. The molecule has 0 bridgehead atoms. The normalized spacial score (nSPS) is 13.2. The van der Waals surface area contributed by atoms with E-state index in [0.717, 1.165) is 4.47 Å². The van der Waals surface area contributed by atoms with Gasteiger partial charge in [-0.3, -0.25) is 4.98 Å². The molecule has 0 saturated carbocycles. The fourth-order valence-electron chi connectivity index (χ4n) is 1.63. The average molecular weight is 341 g/mol. The van der Waals surface area contributed by atoms with Crippen LogP contribution in [0.3, 0.4) is 0 Å². The number of nitrogens with zero attached hydrogens (tertiary/aromatic N) is 1. The van der Waals surface area contributed by atoms with Crippen LogP contribution in [-0.2, 0) is 10.0 Å². The molecule has 0 saturated heterocycles. The largest absolute Gasteiger partial charge is 0.260 e. The van der Waals surface area contributed by atoms with E-state index >= 15 is 0 Å². The number of rotatable bonds is 4. The second-order valence-electron chi connectivity index (χ2n) is 4.05. The number of benzene rings is 1. The van der Waals surface area contributed by atoms with Gasteiger partial charge in [0.25, 0.3) is 0 Å². The van der Waals surface area contributed by atoms with Crippen LogP contribution in [0.1, 0.15) is 18.7 Å². The van der Waals surface area contributed by atoms with E-state index in [1.165, 1.54) is 0 Å². The number of sulfonamides is 1. The predicted molar refractivity (Wildman–Crippen MR) is 77.1 cm³/mol. The number of nitrogens with one attached hydrogen (secondary N) is 1. The summed E-state index contributed by atoms with van der Waals surface area (Å²) in [7, 11) is -3.55. The highest BCUT2D eigenvalue weighted by Gasteiger charge is 2.18. The van der Waals surface area contributed by atoms with Crippen LogP contribution in [0.5, 0.6) is 0 Å². The van der Waals surface area contributed by atoms with Gasteiger partial charge in [-0.2, -0.15) is 0 Å². The van der Waals surface area contributed by atoms with Gasteiger partial charge in [-0.25, -0.2) is 13.1 Å². The third-order valence-electron chi connectivity index (χ3n) is 2.57. The van der Waals surface area contributed by atoms with Crippen molar-refractivity contribution >= 4 is 26.0 Å². The first kappa shape index (κ1) is 14.2. The lowest BCUT2D eigenvalue weighted by Crippen LogP contribution is -2.27. The van der Waals surface area contributed by atoms with Gasteiger partial charge in [-0.05, 0) is 37.3 Å². The van der Waals surface area contributed by atoms with Crippen molar-refractivity contribution in [3.8, 4) is 0 Å². The Hall–Kier alpha value is -1.24. The zero-order chi connectivity index (χ0) is 13.9. The first-order valence-electron chi connectivity index (χ1n) is 5.68. The Morgan fingerprint density at radius 2 is 2.00 bits per heavy atom. The molecule has 2 aromatic rings. The zero-order valence-corrected chi connectivity index (χ0v) is 12.6. The van der Waals surface area contributed by atoms with E-state index in [-0.39, 0.29) is 10.9 Å². The molecule has 100 valence electrons. The van der Waals surface area contributed by atoms with Crippen LogP contribution in [0.4, 0.5) is 0 Å². The molecule has 1 N–H and O–H groups in total. The van der Waals surface area contributed by atoms with E-state index in [1.54, 1.807) is 49.5 Å². The Balaban J connectivity index is 2.23. The van der Waals surface area contributed by atoms with E-state index in [0.29, 0.717) is 5.69 Å². The third kappa shape index (κ3) is 3.62. The Morgan fingerprint density at radius 3 is 2.63 bits per heavy atom. The van der Waals surface area contributed by atoms with Crippen molar-refractivity contribution in [2.24, 2.45) is 0 Å². The Labute approximate surface area is 121 Å². The lowest BCUT2D eigenvalue weighted by molar-refractivity contribution is 0.564. The van der Waals surface area contributed by atoms with Crippen molar-refractivity contribution in [2.75, 3.05) is 0 Å². The molecule has 2 rings (SSSR count). The lowest BCUT2D eigenvalue weighted by Gasteiger charge is -2.13. The summed E-state index contributed by atoms with van der Waals surface area (Å²) >= 11 is 3.26. The van der Waals surface area contributed by atoms with E-state index in [4.69, 9.17) is 0 Å². The van der Waals surface area contributed by atoms with Gasteiger partial charge < -0.3 is 0 Å². The van der Waals surface area contributed by atoms with E-state index < -0.39 is 10.0 Å². The van der Waals surface area contributed by atoms with E-state index in [9.17, 15) is 8.42 Å². The summed E-state index contributed by atoms with van der Waals surface area (Å²) in [5.74, 6) is 0.